The molecule has 0 aliphatic rings. The van der Waals surface area contributed by atoms with Gasteiger partial charge in [-0.2, -0.15) is 5.10 Å². The van der Waals surface area contributed by atoms with Gasteiger partial charge in [-0.1, -0.05) is 25.1 Å². The lowest BCUT2D eigenvalue weighted by atomic mass is 10.0. The van der Waals surface area contributed by atoms with E-state index in [9.17, 15) is 4.79 Å². The van der Waals surface area contributed by atoms with Crippen LogP contribution in [-0.2, 0) is 6.54 Å². The Morgan fingerprint density at radius 2 is 1.91 bits per heavy atom. The van der Waals surface area contributed by atoms with Crippen molar-refractivity contribution in [2.24, 2.45) is 0 Å². The second-order valence-electron chi connectivity index (χ2n) is 7.76. The highest BCUT2D eigenvalue weighted by Gasteiger charge is 2.19. The van der Waals surface area contributed by atoms with Gasteiger partial charge < -0.3 is 15.6 Å². The van der Waals surface area contributed by atoms with Crippen molar-refractivity contribution >= 4 is 28.5 Å². The minimum Gasteiger partial charge on any atom is -0.383 e. The summed E-state index contributed by atoms with van der Waals surface area (Å²) < 4.78 is 3.72. The van der Waals surface area contributed by atoms with Crippen LogP contribution in [0.1, 0.15) is 30.8 Å². The van der Waals surface area contributed by atoms with Crippen molar-refractivity contribution in [1.82, 2.24) is 34.4 Å². The normalized spacial score (nSPS) is 11.3. The lowest BCUT2D eigenvalue weighted by molar-refractivity contribution is 0.0950. The Hall–Kier alpha value is -4.27. The van der Waals surface area contributed by atoms with E-state index in [0.717, 1.165) is 46.4 Å². The van der Waals surface area contributed by atoms with Gasteiger partial charge >= 0.3 is 0 Å². The summed E-state index contributed by atoms with van der Waals surface area (Å²) >= 11 is 0. The lowest BCUT2D eigenvalue weighted by Gasteiger charge is -2.08. The number of fused-ring (bicyclic) bond motifs is 2. The van der Waals surface area contributed by atoms with Gasteiger partial charge in [0.05, 0.1) is 12.5 Å². The number of anilines is 1. The molecule has 0 bridgehead atoms. The molecule has 0 radical (unpaired) electrons. The van der Waals surface area contributed by atoms with E-state index in [4.69, 9.17) is 5.73 Å². The predicted octanol–water partition coefficient (Wildman–Crippen LogP) is 3.55. The zero-order chi connectivity index (χ0) is 22.9. The third kappa shape index (κ3) is 3.47. The average Bonchev–Trinajstić information content (AvgIpc) is 3.43. The van der Waals surface area contributed by atoms with Crippen LogP contribution in [0.15, 0.2) is 55.1 Å². The van der Waals surface area contributed by atoms with Gasteiger partial charge in [0.1, 0.15) is 17.0 Å². The fourth-order valence-electron chi connectivity index (χ4n) is 3.97. The molecule has 9 nitrogen and oxygen atoms in total. The number of aryl methyl sites for hydroxylation is 1. The molecule has 4 aromatic heterocycles. The average molecular weight is 441 g/mol. The number of imidazole rings is 2. The molecule has 166 valence electrons. The first-order valence-corrected chi connectivity index (χ1v) is 10.9. The van der Waals surface area contributed by atoms with Crippen LogP contribution >= 0.6 is 0 Å². The summed E-state index contributed by atoms with van der Waals surface area (Å²) in [6.45, 7) is 5.39. The number of nitrogens with zero attached hydrogens (tertiary/aromatic N) is 6. The SMILES string of the molecule is CCCNC(=O)c1nc2c(-c3cccc(-c4cnnc5c4ncn5CC)c3)cccn2c1N. The van der Waals surface area contributed by atoms with Crippen molar-refractivity contribution in [3.05, 3.63) is 60.8 Å². The molecule has 1 amide bonds. The number of nitrogen functional groups attached to an aromatic ring is 1. The number of carbonyl (C=O) groups excluding carboxylic acids is 1. The molecule has 0 aliphatic carbocycles. The first-order chi connectivity index (χ1) is 16.1. The van der Waals surface area contributed by atoms with Crippen LogP contribution < -0.4 is 11.1 Å². The maximum Gasteiger partial charge on any atom is 0.273 e. The Labute approximate surface area is 190 Å². The van der Waals surface area contributed by atoms with E-state index in [1.165, 1.54) is 0 Å². The predicted molar refractivity (Wildman–Crippen MR) is 128 cm³/mol. The van der Waals surface area contributed by atoms with E-state index in [1.54, 1.807) is 16.9 Å². The molecule has 0 fully saturated rings. The number of benzene rings is 1. The van der Waals surface area contributed by atoms with Crippen LogP contribution in [0.4, 0.5) is 5.82 Å². The number of nitrogens with one attached hydrogen (secondary N) is 1. The van der Waals surface area contributed by atoms with Crippen LogP contribution in [0.2, 0.25) is 0 Å². The zero-order valence-corrected chi connectivity index (χ0v) is 18.5. The quantitative estimate of drug-likeness (QED) is 0.417. The molecule has 9 heteroatoms. The highest BCUT2D eigenvalue weighted by molar-refractivity contribution is 5.99. The van der Waals surface area contributed by atoms with Crippen molar-refractivity contribution in [1.29, 1.82) is 0 Å². The molecule has 33 heavy (non-hydrogen) atoms. The fourth-order valence-corrected chi connectivity index (χ4v) is 3.97. The van der Waals surface area contributed by atoms with Gasteiger partial charge in [0.2, 0.25) is 0 Å². The molecule has 0 aliphatic heterocycles. The Kier molecular flexibility index (Phi) is 5.21. The van der Waals surface area contributed by atoms with E-state index in [0.29, 0.717) is 18.0 Å². The molecule has 0 spiro atoms. The molecular weight excluding hydrogens is 416 g/mol. The molecule has 1 aromatic carbocycles. The van der Waals surface area contributed by atoms with Gasteiger partial charge in [-0.25, -0.2) is 9.97 Å². The number of rotatable bonds is 6. The second-order valence-corrected chi connectivity index (χ2v) is 7.76. The minimum absolute atomic E-state index is 0.234. The van der Waals surface area contributed by atoms with Gasteiger partial charge in [0, 0.05) is 30.4 Å². The van der Waals surface area contributed by atoms with Gasteiger partial charge in [-0.05, 0) is 42.7 Å². The number of aromatic nitrogens is 6. The smallest absolute Gasteiger partial charge is 0.273 e. The van der Waals surface area contributed by atoms with Crippen LogP contribution in [0, 0.1) is 0 Å². The summed E-state index contributed by atoms with van der Waals surface area (Å²) in [6.07, 6.45) is 6.17. The molecule has 4 heterocycles. The van der Waals surface area contributed by atoms with E-state index < -0.39 is 0 Å². The lowest BCUT2D eigenvalue weighted by Crippen LogP contribution is -2.25. The molecule has 0 unspecified atom stereocenters. The van der Waals surface area contributed by atoms with Crippen LogP contribution in [0.3, 0.4) is 0 Å². The molecule has 5 rings (SSSR count). The van der Waals surface area contributed by atoms with Crippen molar-refractivity contribution in [3.8, 4) is 22.3 Å². The number of carbonyl (C=O) groups is 1. The van der Waals surface area contributed by atoms with Crippen molar-refractivity contribution in [2.45, 2.75) is 26.8 Å². The standard InChI is InChI=1S/C24H24N8O/c1-3-10-26-24(33)20-21(25)32-11-6-9-17(22(32)29-20)15-7-5-8-16(12-15)18-13-28-30-23-19(18)27-14-31(23)4-2/h5-9,11-14H,3-4,10,25H2,1-2H3,(H,26,33). The fraction of sp³-hybridized carbons (Fsp3) is 0.208. The molecular formula is C24H24N8O. The van der Waals surface area contributed by atoms with E-state index in [1.807, 2.05) is 54.9 Å². The van der Waals surface area contributed by atoms with Crippen LogP contribution in [-0.4, -0.2) is 41.6 Å². The highest BCUT2D eigenvalue weighted by atomic mass is 16.1. The Morgan fingerprint density at radius 1 is 1.09 bits per heavy atom. The molecule has 5 aromatic rings. The maximum atomic E-state index is 12.5. The number of amides is 1. The van der Waals surface area contributed by atoms with E-state index in [-0.39, 0.29) is 11.6 Å². The molecule has 0 saturated carbocycles. The molecule has 0 atom stereocenters. The Morgan fingerprint density at radius 3 is 2.70 bits per heavy atom. The number of nitrogens with two attached hydrogens (primary N) is 1. The Bertz CT molecular complexity index is 1480. The van der Waals surface area contributed by atoms with Crippen LogP contribution in [0.5, 0.6) is 0 Å². The summed E-state index contributed by atoms with van der Waals surface area (Å²) in [7, 11) is 0. The summed E-state index contributed by atoms with van der Waals surface area (Å²) in [5.74, 6) is 0.0521. The Balaban J connectivity index is 1.62. The topological polar surface area (TPSA) is 116 Å². The van der Waals surface area contributed by atoms with Crippen molar-refractivity contribution in [2.75, 3.05) is 12.3 Å². The van der Waals surface area contributed by atoms with Gasteiger partial charge in [0.25, 0.3) is 5.91 Å². The summed E-state index contributed by atoms with van der Waals surface area (Å²) in [5.41, 5.74) is 12.4. The molecule has 3 N–H and O–H groups in total. The number of hydrogen-bond acceptors (Lipinski definition) is 6. The largest absolute Gasteiger partial charge is 0.383 e. The maximum absolute atomic E-state index is 12.5. The number of hydrogen-bond donors (Lipinski definition) is 2. The van der Waals surface area contributed by atoms with Gasteiger partial charge in [0.15, 0.2) is 11.3 Å². The minimum atomic E-state index is -0.269. The first-order valence-electron chi connectivity index (χ1n) is 10.9. The highest BCUT2D eigenvalue weighted by Crippen LogP contribution is 2.32. The number of pyridine rings is 1. The summed E-state index contributed by atoms with van der Waals surface area (Å²) in [4.78, 5) is 21.7. The first kappa shape index (κ1) is 20.6. The monoisotopic (exact) mass is 440 g/mol. The van der Waals surface area contributed by atoms with E-state index >= 15 is 0 Å². The zero-order valence-electron chi connectivity index (χ0n) is 18.5. The summed E-state index contributed by atoms with van der Waals surface area (Å²) in [6, 6.07) is 12.0. The van der Waals surface area contributed by atoms with Crippen molar-refractivity contribution < 1.29 is 4.79 Å². The molecule has 0 saturated heterocycles. The summed E-state index contributed by atoms with van der Waals surface area (Å²) in [5, 5.41) is 11.3. The van der Waals surface area contributed by atoms with Crippen molar-refractivity contribution in [3.63, 3.8) is 0 Å². The second kappa shape index (κ2) is 8.34. The van der Waals surface area contributed by atoms with E-state index in [2.05, 4.69) is 31.5 Å². The third-order valence-electron chi connectivity index (χ3n) is 5.67. The van der Waals surface area contributed by atoms with Crippen LogP contribution in [0.25, 0.3) is 39.1 Å². The van der Waals surface area contributed by atoms with Gasteiger partial charge in [-0.3, -0.25) is 9.20 Å². The van der Waals surface area contributed by atoms with Gasteiger partial charge in [-0.15, -0.1) is 5.10 Å². The third-order valence-corrected chi connectivity index (χ3v) is 5.67.